The van der Waals surface area contributed by atoms with E-state index in [0.717, 1.165) is 42.6 Å². The van der Waals surface area contributed by atoms with Crippen LogP contribution < -0.4 is 15.5 Å². The quantitative estimate of drug-likeness (QED) is 0.658. The van der Waals surface area contributed by atoms with Gasteiger partial charge in [-0.3, -0.25) is 14.4 Å². The Balaban J connectivity index is 1.51. The minimum absolute atomic E-state index is 0.000384. The van der Waals surface area contributed by atoms with Gasteiger partial charge in [0.15, 0.2) is 0 Å². The second-order valence-corrected chi connectivity index (χ2v) is 8.19. The van der Waals surface area contributed by atoms with Gasteiger partial charge in [0.2, 0.25) is 0 Å². The maximum absolute atomic E-state index is 13.0. The van der Waals surface area contributed by atoms with Gasteiger partial charge < -0.3 is 10.6 Å². The van der Waals surface area contributed by atoms with Crippen molar-refractivity contribution in [3.05, 3.63) is 70.4 Å². The number of anilines is 2. The van der Waals surface area contributed by atoms with Crippen molar-refractivity contribution in [3.8, 4) is 0 Å². The number of nitrogens with zero attached hydrogens (tertiary/aromatic N) is 1. The number of hydrogen-bond acceptors (Lipinski definition) is 4. The van der Waals surface area contributed by atoms with E-state index < -0.39 is 11.8 Å². The molecule has 4 rings (SSSR count). The van der Waals surface area contributed by atoms with E-state index in [1.54, 1.807) is 36.4 Å². The molecule has 2 aromatic rings. The highest BCUT2D eigenvalue weighted by Crippen LogP contribution is 2.30. The molecule has 0 aromatic heterocycles. The lowest BCUT2D eigenvalue weighted by Gasteiger charge is -2.16. The zero-order valence-electron chi connectivity index (χ0n) is 17.3. The fraction of sp³-hybridized carbons (Fsp3) is 0.292. The molecule has 0 spiro atoms. The molecule has 6 nitrogen and oxygen atoms in total. The molecular weight excluding hydrogens is 414 g/mol. The van der Waals surface area contributed by atoms with Gasteiger partial charge in [-0.1, -0.05) is 49.6 Å². The molecule has 2 aliphatic rings. The summed E-state index contributed by atoms with van der Waals surface area (Å²) < 4.78 is 0. The molecule has 31 heavy (non-hydrogen) atoms. The van der Waals surface area contributed by atoms with Crippen LogP contribution in [0.25, 0.3) is 0 Å². The van der Waals surface area contributed by atoms with Crippen molar-refractivity contribution < 1.29 is 14.4 Å². The molecule has 0 atom stereocenters. The van der Waals surface area contributed by atoms with Gasteiger partial charge in [0.25, 0.3) is 17.7 Å². The second kappa shape index (κ2) is 8.94. The highest BCUT2D eigenvalue weighted by Gasteiger charge is 2.39. The number of nitrogens with one attached hydrogen (secondary N) is 2. The Morgan fingerprint density at radius 1 is 1.06 bits per heavy atom. The predicted octanol–water partition coefficient (Wildman–Crippen LogP) is 4.36. The summed E-state index contributed by atoms with van der Waals surface area (Å²) in [5.41, 5.74) is 2.56. The minimum atomic E-state index is -0.575. The molecule has 3 amide bonds. The van der Waals surface area contributed by atoms with E-state index in [0.29, 0.717) is 16.9 Å². The van der Waals surface area contributed by atoms with Gasteiger partial charge in [0.05, 0.1) is 5.69 Å². The van der Waals surface area contributed by atoms with Crippen LogP contribution in [0.3, 0.4) is 0 Å². The number of hydrogen-bond donors (Lipinski definition) is 2. The van der Waals surface area contributed by atoms with Crippen molar-refractivity contribution in [2.45, 2.75) is 45.1 Å². The van der Waals surface area contributed by atoms with Crippen LogP contribution in [0, 0.1) is 0 Å². The maximum Gasteiger partial charge on any atom is 0.283 e. The molecule has 7 heteroatoms. The van der Waals surface area contributed by atoms with Gasteiger partial charge in [-0.15, -0.1) is 0 Å². The van der Waals surface area contributed by atoms with Crippen LogP contribution in [0.4, 0.5) is 11.4 Å². The van der Waals surface area contributed by atoms with Crippen molar-refractivity contribution in [3.63, 3.8) is 0 Å². The molecule has 1 saturated carbocycles. The van der Waals surface area contributed by atoms with Gasteiger partial charge in [0, 0.05) is 17.3 Å². The normalized spacial score (nSPS) is 16.9. The number of carbonyl (C=O) groups excluding carboxylic acids is 3. The minimum Gasteiger partial charge on any atom is -0.350 e. The predicted molar refractivity (Wildman–Crippen MR) is 121 cm³/mol. The third-order valence-electron chi connectivity index (χ3n) is 5.71. The number of benzene rings is 2. The van der Waals surface area contributed by atoms with Gasteiger partial charge in [-0.25, -0.2) is 4.90 Å². The molecule has 0 unspecified atom stereocenters. The summed E-state index contributed by atoms with van der Waals surface area (Å²) in [6, 6.07) is 14.2. The fourth-order valence-electron chi connectivity index (χ4n) is 3.95. The summed E-state index contributed by atoms with van der Waals surface area (Å²) in [6.07, 6.45) is 5.12. The summed E-state index contributed by atoms with van der Waals surface area (Å²) in [5, 5.41) is 5.81. The van der Waals surface area contributed by atoms with E-state index in [1.165, 1.54) is 0 Å². The molecule has 2 N–H and O–H groups in total. The Kier molecular flexibility index (Phi) is 6.09. The molecule has 1 aliphatic carbocycles. The van der Waals surface area contributed by atoms with Crippen LogP contribution in [-0.4, -0.2) is 23.8 Å². The zero-order valence-corrected chi connectivity index (χ0v) is 18.0. The largest absolute Gasteiger partial charge is 0.350 e. The first-order chi connectivity index (χ1) is 15.0. The first kappa shape index (κ1) is 21.1. The Labute approximate surface area is 186 Å². The Hall–Kier alpha value is -3.12. The Bertz CT molecular complexity index is 1060. The average Bonchev–Trinajstić information content (AvgIpc) is 3.37. The smallest absolute Gasteiger partial charge is 0.283 e. The molecule has 2 aromatic carbocycles. The maximum atomic E-state index is 13.0. The lowest BCUT2D eigenvalue weighted by Crippen LogP contribution is -2.32. The van der Waals surface area contributed by atoms with Crippen molar-refractivity contribution in [1.29, 1.82) is 0 Å². The van der Waals surface area contributed by atoms with Crippen molar-refractivity contribution in [2.24, 2.45) is 0 Å². The molecule has 0 bridgehead atoms. The molecule has 0 radical (unpaired) electrons. The first-order valence-corrected chi connectivity index (χ1v) is 10.9. The van der Waals surface area contributed by atoms with Gasteiger partial charge >= 0.3 is 0 Å². The van der Waals surface area contributed by atoms with E-state index in [4.69, 9.17) is 11.6 Å². The summed E-state index contributed by atoms with van der Waals surface area (Å²) >= 11 is 6.22. The number of carbonyl (C=O) groups is 3. The summed E-state index contributed by atoms with van der Waals surface area (Å²) in [6.45, 7) is 2.03. The number of rotatable bonds is 6. The molecule has 1 heterocycles. The van der Waals surface area contributed by atoms with Gasteiger partial charge in [-0.2, -0.15) is 0 Å². The molecule has 1 aliphatic heterocycles. The number of aryl methyl sites for hydroxylation is 1. The average molecular weight is 438 g/mol. The summed E-state index contributed by atoms with van der Waals surface area (Å²) in [7, 11) is 0. The van der Waals surface area contributed by atoms with Crippen LogP contribution in [0.5, 0.6) is 0 Å². The number of imide groups is 1. The molecule has 160 valence electrons. The van der Waals surface area contributed by atoms with E-state index in [-0.39, 0.29) is 22.7 Å². The monoisotopic (exact) mass is 437 g/mol. The van der Waals surface area contributed by atoms with Crippen LogP contribution in [0.1, 0.15) is 48.5 Å². The molecule has 0 saturated heterocycles. The Morgan fingerprint density at radius 3 is 2.45 bits per heavy atom. The van der Waals surface area contributed by atoms with Crippen LogP contribution >= 0.6 is 11.6 Å². The topological polar surface area (TPSA) is 78.5 Å². The van der Waals surface area contributed by atoms with Gasteiger partial charge in [0.1, 0.15) is 10.7 Å². The van der Waals surface area contributed by atoms with E-state index >= 15 is 0 Å². The third-order valence-corrected chi connectivity index (χ3v) is 6.07. The Morgan fingerprint density at radius 2 is 1.77 bits per heavy atom. The SMILES string of the molecule is CCc1ccc(N2C(=O)C(Cl)=C(Nc3cccc(C(=O)NC4CCCC4)c3)C2=O)cc1. The van der Waals surface area contributed by atoms with Crippen LogP contribution in [0.2, 0.25) is 0 Å². The lowest BCUT2D eigenvalue weighted by molar-refractivity contribution is -0.120. The van der Waals surface area contributed by atoms with Crippen molar-refractivity contribution >= 4 is 40.7 Å². The number of halogens is 1. The summed E-state index contributed by atoms with van der Waals surface area (Å²) in [5.74, 6) is -1.25. The summed E-state index contributed by atoms with van der Waals surface area (Å²) in [4.78, 5) is 39.2. The van der Waals surface area contributed by atoms with Crippen molar-refractivity contribution in [1.82, 2.24) is 5.32 Å². The van der Waals surface area contributed by atoms with E-state index in [9.17, 15) is 14.4 Å². The highest BCUT2D eigenvalue weighted by atomic mass is 35.5. The molecular formula is C24H24ClN3O3. The van der Waals surface area contributed by atoms with Crippen LogP contribution in [-0.2, 0) is 16.0 Å². The second-order valence-electron chi connectivity index (χ2n) is 7.82. The van der Waals surface area contributed by atoms with E-state index in [2.05, 4.69) is 10.6 Å². The molecule has 1 fully saturated rings. The van der Waals surface area contributed by atoms with E-state index in [1.807, 2.05) is 19.1 Å². The first-order valence-electron chi connectivity index (χ1n) is 10.5. The van der Waals surface area contributed by atoms with Crippen molar-refractivity contribution in [2.75, 3.05) is 10.2 Å². The van der Waals surface area contributed by atoms with Crippen LogP contribution in [0.15, 0.2) is 59.3 Å². The number of amides is 3. The lowest BCUT2D eigenvalue weighted by atomic mass is 10.1. The third kappa shape index (κ3) is 4.35. The fourth-order valence-corrected chi connectivity index (χ4v) is 4.16. The van der Waals surface area contributed by atoms with Gasteiger partial charge in [-0.05, 0) is 55.2 Å². The standard InChI is InChI=1S/C24H24ClN3O3/c1-2-15-10-12-19(13-11-15)28-23(30)20(25)21(24(28)31)26-18-9-5-6-16(14-18)22(29)27-17-7-3-4-8-17/h5-6,9-14,17,26H,2-4,7-8H2,1H3,(H,27,29). The zero-order chi connectivity index (χ0) is 22.0. The highest BCUT2D eigenvalue weighted by molar-refractivity contribution is 6.53.